The molecular formula is C14H28N4O3. The van der Waals surface area contributed by atoms with Crippen LogP contribution in [0, 0.1) is 5.92 Å². The molecule has 7 heteroatoms. The Labute approximate surface area is 127 Å². The van der Waals surface area contributed by atoms with Crippen LogP contribution in [0.5, 0.6) is 0 Å². The van der Waals surface area contributed by atoms with Gasteiger partial charge in [0.15, 0.2) is 5.96 Å². The molecular weight excluding hydrogens is 272 g/mol. The van der Waals surface area contributed by atoms with Crippen molar-refractivity contribution in [2.24, 2.45) is 10.9 Å². The number of ether oxygens (including phenoxy) is 1. The second kappa shape index (κ2) is 9.44. The van der Waals surface area contributed by atoms with E-state index in [9.17, 15) is 4.79 Å². The van der Waals surface area contributed by atoms with Crippen LogP contribution in [0.25, 0.3) is 0 Å². The van der Waals surface area contributed by atoms with Gasteiger partial charge in [0.2, 0.25) is 0 Å². The SMILES string of the molecule is CCNC(=NCC(C)CO)N1CCN(C(=O)OCC)CC1. The van der Waals surface area contributed by atoms with Gasteiger partial charge in [-0.2, -0.15) is 0 Å². The highest BCUT2D eigenvalue weighted by atomic mass is 16.6. The summed E-state index contributed by atoms with van der Waals surface area (Å²) in [6.45, 7) is 10.5. The van der Waals surface area contributed by atoms with E-state index in [0.717, 1.165) is 25.6 Å². The third-order valence-corrected chi connectivity index (χ3v) is 3.30. The summed E-state index contributed by atoms with van der Waals surface area (Å²) in [4.78, 5) is 20.1. The molecule has 1 atom stereocenters. The van der Waals surface area contributed by atoms with Crippen molar-refractivity contribution in [3.8, 4) is 0 Å². The smallest absolute Gasteiger partial charge is 0.409 e. The first-order chi connectivity index (χ1) is 10.1. The number of piperazine rings is 1. The molecule has 1 unspecified atom stereocenters. The van der Waals surface area contributed by atoms with Gasteiger partial charge in [-0.25, -0.2) is 4.79 Å². The van der Waals surface area contributed by atoms with Crippen LogP contribution < -0.4 is 5.32 Å². The highest BCUT2D eigenvalue weighted by Crippen LogP contribution is 2.05. The number of hydrogen-bond acceptors (Lipinski definition) is 4. The molecule has 1 rings (SSSR count). The minimum Gasteiger partial charge on any atom is -0.450 e. The van der Waals surface area contributed by atoms with Crippen molar-refractivity contribution >= 4 is 12.1 Å². The van der Waals surface area contributed by atoms with Crippen molar-refractivity contribution in [2.75, 3.05) is 52.5 Å². The Bertz CT molecular complexity index is 341. The Balaban J connectivity index is 2.53. The molecule has 0 spiro atoms. The topological polar surface area (TPSA) is 77.4 Å². The summed E-state index contributed by atoms with van der Waals surface area (Å²) < 4.78 is 5.01. The van der Waals surface area contributed by atoms with Gasteiger partial charge >= 0.3 is 6.09 Å². The third kappa shape index (κ3) is 5.79. The van der Waals surface area contributed by atoms with Gasteiger partial charge in [0.05, 0.1) is 6.61 Å². The molecule has 1 aliphatic heterocycles. The van der Waals surface area contributed by atoms with Crippen LogP contribution in [0.1, 0.15) is 20.8 Å². The molecule has 122 valence electrons. The molecule has 0 saturated carbocycles. The van der Waals surface area contributed by atoms with E-state index in [1.54, 1.807) is 4.90 Å². The molecule has 7 nitrogen and oxygen atoms in total. The standard InChI is InChI=1S/C14H28N4O3/c1-4-15-13(16-10-12(3)11-19)17-6-8-18(9-7-17)14(20)21-5-2/h12,19H,4-11H2,1-3H3,(H,15,16). The molecule has 1 saturated heterocycles. The molecule has 2 N–H and O–H groups in total. The highest BCUT2D eigenvalue weighted by Gasteiger charge is 2.23. The molecule has 1 heterocycles. The number of hydrogen-bond donors (Lipinski definition) is 2. The Kier molecular flexibility index (Phi) is 7.89. The van der Waals surface area contributed by atoms with Crippen LogP contribution in [0.4, 0.5) is 4.79 Å². The summed E-state index contributed by atoms with van der Waals surface area (Å²) in [6.07, 6.45) is -0.243. The fourth-order valence-corrected chi connectivity index (χ4v) is 2.04. The number of nitrogens with zero attached hydrogens (tertiary/aromatic N) is 3. The van der Waals surface area contributed by atoms with E-state index in [1.807, 2.05) is 20.8 Å². The zero-order valence-corrected chi connectivity index (χ0v) is 13.3. The van der Waals surface area contributed by atoms with E-state index in [4.69, 9.17) is 9.84 Å². The normalized spacial score (nSPS) is 17.6. The Hall–Kier alpha value is -1.50. The van der Waals surface area contributed by atoms with E-state index in [2.05, 4.69) is 15.2 Å². The molecule has 0 bridgehead atoms. The van der Waals surface area contributed by atoms with Crippen LogP contribution in [-0.2, 0) is 4.74 Å². The molecule has 0 aromatic rings. The molecule has 1 amide bonds. The van der Waals surface area contributed by atoms with E-state index in [1.165, 1.54) is 0 Å². The quantitative estimate of drug-likeness (QED) is 0.566. The average molecular weight is 300 g/mol. The first-order valence-electron chi connectivity index (χ1n) is 7.68. The molecule has 1 aliphatic rings. The number of nitrogens with one attached hydrogen (secondary N) is 1. The van der Waals surface area contributed by atoms with Crippen molar-refractivity contribution in [2.45, 2.75) is 20.8 Å². The van der Waals surface area contributed by atoms with Gasteiger partial charge in [0.1, 0.15) is 0 Å². The summed E-state index contributed by atoms with van der Waals surface area (Å²) in [6, 6.07) is 0. The van der Waals surface area contributed by atoms with Crippen molar-refractivity contribution in [3.63, 3.8) is 0 Å². The van der Waals surface area contributed by atoms with Crippen LogP contribution in [-0.4, -0.2) is 79.4 Å². The van der Waals surface area contributed by atoms with Crippen molar-refractivity contribution in [1.29, 1.82) is 0 Å². The average Bonchev–Trinajstić information content (AvgIpc) is 2.51. The lowest BCUT2D eigenvalue weighted by Gasteiger charge is -2.36. The maximum Gasteiger partial charge on any atom is 0.409 e. The number of carbonyl (C=O) groups excluding carboxylic acids is 1. The van der Waals surface area contributed by atoms with Crippen LogP contribution >= 0.6 is 0 Å². The van der Waals surface area contributed by atoms with Gasteiger partial charge in [-0.3, -0.25) is 4.99 Å². The molecule has 1 fully saturated rings. The van der Waals surface area contributed by atoms with E-state index < -0.39 is 0 Å². The highest BCUT2D eigenvalue weighted by molar-refractivity contribution is 5.80. The number of guanidine groups is 1. The van der Waals surface area contributed by atoms with Crippen LogP contribution in [0.15, 0.2) is 4.99 Å². The summed E-state index contributed by atoms with van der Waals surface area (Å²) in [5, 5.41) is 12.3. The predicted molar refractivity (Wildman–Crippen MR) is 82.4 cm³/mol. The van der Waals surface area contributed by atoms with Crippen molar-refractivity contribution in [3.05, 3.63) is 0 Å². The lowest BCUT2D eigenvalue weighted by atomic mass is 10.2. The van der Waals surface area contributed by atoms with Gasteiger partial charge in [-0.1, -0.05) is 6.92 Å². The number of aliphatic imine (C=N–C) groups is 1. The fourth-order valence-electron chi connectivity index (χ4n) is 2.04. The van der Waals surface area contributed by atoms with Crippen molar-refractivity contribution in [1.82, 2.24) is 15.1 Å². The number of aliphatic hydroxyl groups is 1. The number of carbonyl (C=O) groups is 1. The first kappa shape index (κ1) is 17.6. The molecule has 0 radical (unpaired) electrons. The predicted octanol–water partition coefficient (Wildman–Crippen LogP) is 0.354. The Morgan fingerprint density at radius 3 is 2.43 bits per heavy atom. The summed E-state index contributed by atoms with van der Waals surface area (Å²) in [5.74, 6) is 1.00. The molecule has 0 aromatic heterocycles. The van der Waals surface area contributed by atoms with Gasteiger partial charge in [0.25, 0.3) is 0 Å². The number of amides is 1. The second-order valence-electron chi connectivity index (χ2n) is 5.16. The number of rotatable bonds is 5. The monoisotopic (exact) mass is 300 g/mol. The van der Waals surface area contributed by atoms with Crippen molar-refractivity contribution < 1.29 is 14.6 Å². The Morgan fingerprint density at radius 1 is 1.29 bits per heavy atom. The zero-order chi connectivity index (χ0) is 15.7. The van der Waals surface area contributed by atoms with Crippen LogP contribution in [0.3, 0.4) is 0 Å². The minimum atomic E-state index is -0.243. The molecule has 0 aromatic carbocycles. The summed E-state index contributed by atoms with van der Waals surface area (Å²) in [5.41, 5.74) is 0. The zero-order valence-electron chi connectivity index (χ0n) is 13.3. The van der Waals surface area contributed by atoms with E-state index in [-0.39, 0.29) is 18.6 Å². The van der Waals surface area contributed by atoms with Gasteiger partial charge in [0, 0.05) is 45.9 Å². The molecule has 0 aliphatic carbocycles. The maximum absolute atomic E-state index is 11.7. The lowest BCUT2D eigenvalue weighted by molar-refractivity contribution is 0.0914. The summed E-state index contributed by atoms with van der Waals surface area (Å²) >= 11 is 0. The lowest BCUT2D eigenvalue weighted by Crippen LogP contribution is -2.54. The number of aliphatic hydroxyl groups excluding tert-OH is 1. The maximum atomic E-state index is 11.7. The minimum absolute atomic E-state index is 0.138. The summed E-state index contributed by atoms with van der Waals surface area (Å²) in [7, 11) is 0. The van der Waals surface area contributed by atoms with Gasteiger partial charge in [-0.05, 0) is 19.8 Å². The molecule has 21 heavy (non-hydrogen) atoms. The fraction of sp³-hybridized carbons (Fsp3) is 0.857. The van der Waals surface area contributed by atoms with Crippen LogP contribution in [0.2, 0.25) is 0 Å². The van der Waals surface area contributed by atoms with E-state index >= 15 is 0 Å². The Morgan fingerprint density at radius 2 is 1.90 bits per heavy atom. The first-order valence-corrected chi connectivity index (χ1v) is 7.68. The second-order valence-corrected chi connectivity index (χ2v) is 5.16. The third-order valence-electron chi connectivity index (χ3n) is 3.30. The van der Waals surface area contributed by atoms with E-state index in [0.29, 0.717) is 26.2 Å². The largest absolute Gasteiger partial charge is 0.450 e. The van der Waals surface area contributed by atoms with Gasteiger partial charge < -0.3 is 25.0 Å². The van der Waals surface area contributed by atoms with Gasteiger partial charge in [-0.15, -0.1) is 0 Å².